The highest BCUT2D eigenvalue weighted by Gasteiger charge is 2.59. The number of carboxylic acid groups (broad SMARTS) is 2. The number of aromatic hydroxyl groups is 2. The van der Waals surface area contributed by atoms with Gasteiger partial charge in [0.2, 0.25) is 0 Å². The number of methoxy groups -OCH3 is 2. The van der Waals surface area contributed by atoms with E-state index < -0.39 is 35.6 Å². The molecule has 8 heteroatoms. The Morgan fingerprint density at radius 2 is 1.11 bits per heavy atom. The smallest absolute Gasteiger partial charge is 0.308 e. The Kier molecular flexibility index (Phi) is 5.04. The maximum absolute atomic E-state index is 11.8. The molecule has 2 aromatic carbocycles. The Morgan fingerprint density at radius 3 is 1.39 bits per heavy atom. The molecule has 0 heterocycles. The third kappa shape index (κ3) is 3.06. The first-order chi connectivity index (χ1) is 13.3. The Bertz CT molecular complexity index is 847. The van der Waals surface area contributed by atoms with Crippen LogP contribution in [0, 0.1) is 11.8 Å². The molecule has 1 saturated carbocycles. The monoisotopic (exact) mass is 388 g/mol. The molecule has 1 aliphatic rings. The molecule has 0 radical (unpaired) electrons. The van der Waals surface area contributed by atoms with Crippen LogP contribution in [0.15, 0.2) is 36.4 Å². The predicted molar refractivity (Wildman–Crippen MR) is 97.1 cm³/mol. The number of hydrogen-bond acceptors (Lipinski definition) is 6. The number of aliphatic carboxylic acids is 2. The molecular formula is C20H20O8. The molecule has 28 heavy (non-hydrogen) atoms. The summed E-state index contributed by atoms with van der Waals surface area (Å²) in [6, 6.07) is 8.91. The zero-order valence-corrected chi connectivity index (χ0v) is 15.2. The maximum Gasteiger partial charge on any atom is 0.308 e. The summed E-state index contributed by atoms with van der Waals surface area (Å²) in [5.41, 5.74) is 1.08. The molecule has 0 aromatic heterocycles. The summed E-state index contributed by atoms with van der Waals surface area (Å²) in [6.07, 6.45) is 0. The number of ether oxygens (including phenoxy) is 2. The van der Waals surface area contributed by atoms with E-state index in [2.05, 4.69) is 0 Å². The second-order valence-electron chi connectivity index (χ2n) is 6.64. The summed E-state index contributed by atoms with van der Waals surface area (Å²) in [5, 5.41) is 39.0. The summed E-state index contributed by atoms with van der Waals surface area (Å²) in [6.45, 7) is 0. The molecule has 3 rings (SSSR count). The van der Waals surface area contributed by atoms with Gasteiger partial charge in [0.25, 0.3) is 0 Å². The van der Waals surface area contributed by atoms with Gasteiger partial charge in [0.05, 0.1) is 26.1 Å². The zero-order valence-electron chi connectivity index (χ0n) is 15.2. The van der Waals surface area contributed by atoms with Gasteiger partial charge in [0.15, 0.2) is 23.0 Å². The van der Waals surface area contributed by atoms with Crippen LogP contribution < -0.4 is 9.47 Å². The van der Waals surface area contributed by atoms with Crippen molar-refractivity contribution in [2.75, 3.05) is 14.2 Å². The van der Waals surface area contributed by atoms with E-state index in [0.717, 1.165) is 0 Å². The van der Waals surface area contributed by atoms with Crippen molar-refractivity contribution < 1.29 is 39.5 Å². The summed E-state index contributed by atoms with van der Waals surface area (Å²) < 4.78 is 10.2. The number of phenols is 2. The van der Waals surface area contributed by atoms with Gasteiger partial charge in [-0.2, -0.15) is 0 Å². The largest absolute Gasteiger partial charge is 0.504 e. The fourth-order valence-corrected chi connectivity index (χ4v) is 3.99. The van der Waals surface area contributed by atoms with Crippen LogP contribution in [0.25, 0.3) is 0 Å². The number of phenolic OH excluding ortho intramolecular Hbond substituents is 2. The minimum Gasteiger partial charge on any atom is -0.504 e. The van der Waals surface area contributed by atoms with E-state index in [-0.39, 0.29) is 23.0 Å². The SMILES string of the molecule is COc1cc(C2C(C(=O)O)[C@@H](C(=O)O)[C@H]2c2ccc(O)c(OC)c2)ccc1O. The Balaban J connectivity index is 2.13. The molecule has 0 aliphatic heterocycles. The van der Waals surface area contributed by atoms with Gasteiger partial charge in [-0.1, -0.05) is 12.1 Å². The van der Waals surface area contributed by atoms with E-state index in [0.29, 0.717) is 11.1 Å². The number of carboxylic acids is 2. The molecule has 1 aliphatic carbocycles. The molecule has 0 saturated heterocycles. The van der Waals surface area contributed by atoms with Crippen LogP contribution >= 0.6 is 0 Å². The van der Waals surface area contributed by atoms with Gasteiger partial charge in [-0.25, -0.2) is 0 Å². The molecule has 1 fully saturated rings. The van der Waals surface area contributed by atoms with Gasteiger partial charge in [-0.3, -0.25) is 9.59 Å². The molecule has 0 spiro atoms. The quantitative estimate of drug-likeness (QED) is 0.593. The minimum atomic E-state index is -1.22. The van der Waals surface area contributed by atoms with Crippen molar-refractivity contribution in [2.45, 2.75) is 11.8 Å². The van der Waals surface area contributed by atoms with Crippen LogP contribution in [0.2, 0.25) is 0 Å². The van der Waals surface area contributed by atoms with Crippen molar-refractivity contribution in [1.29, 1.82) is 0 Å². The minimum absolute atomic E-state index is 0.102. The van der Waals surface area contributed by atoms with Crippen LogP contribution in [0.1, 0.15) is 23.0 Å². The third-order valence-corrected chi connectivity index (χ3v) is 5.30. The Morgan fingerprint density at radius 1 is 0.750 bits per heavy atom. The van der Waals surface area contributed by atoms with Crippen molar-refractivity contribution in [3.05, 3.63) is 47.5 Å². The summed E-state index contributed by atoms with van der Waals surface area (Å²) in [5.74, 6) is -5.94. The normalized spacial score (nSPS) is 23.5. The second-order valence-corrected chi connectivity index (χ2v) is 6.64. The summed E-state index contributed by atoms with van der Waals surface area (Å²) in [7, 11) is 2.74. The molecule has 148 valence electrons. The topological polar surface area (TPSA) is 134 Å². The van der Waals surface area contributed by atoms with Crippen LogP contribution in [0.4, 0.5) is 0 Å². The van der Waals surface area contributed by atoms with Crippen molar-refractivity contribution in [2.24, 2.45) is 11.8 Å². The number of benzene rings is 2. The fraction of sp³-hybridized carbons (Fsp3) is 0.300. The first-order valence-electron chi connectivity index (χ1n) is 8.49. The molecule has 4 N–H and O–H groups in total. The Labute approximate surface area is 160 Å². The maximum atomic E-state index is 11.8. The number of rotatable bonds is 6. The van der Waals surface area contributed by atoms with Gasteiger partial charge in [-0.15, -0.1) is 0 Å². The number of carbonyl (C=O) groups is 2. The van der Waals surface area contributed by atoms with Gasteiger partial charge in [0.1, 0.15) is 0 Å². The first kappa shape index (κ1) is 19.3. The van der Waals surface area contributed by atoms with Gasteiger partial charge in [-0.05, 0) is 35.4 Å². The zero-order chi connectivity index (χ0) is 20.6. The van der Waals surface area contributed by atoms with Gasteiger partial charge in [0, 0.05) is 11.8 Å². The molecule has 8 nitrogen and oxygen atoms in total. The molecule has 4 atom stereocenters. The first-order valence-corrected chi connectivity index (χ1v) is 8.49. The van der Waals surface area contributed by atoms with Gasteiger partial charge >= 0.3 is 11.9 Å². The van der Waals surface area contributed by atoms with E-state index >= 15 is 0 Å². The third-order valence-electron chi connectivity index (χ3n) is 5.30. The average molecular weight is 388 g/mol. The van der Waals surface area contributed by atoms with Crippen LogP contribution in [0.3, 0.4) is 0 Å². The average Bonchev–Trinajstić information content (AvgIpc) is 2.63. The molecule has 2 aromatic rings. The lowest BCUT2D eigenvalue weighted by Crippen LogP contribution is -2.51. The molecule has 0 bridgehead atoms. The van der Waals surface area contributed by atoms with Crippen molar-refractivity contribution >= 4 is 11.9 Å². The van der Waals surface area contributed by atoms with E-state index in [1.165, 1.54) is 38.5 Å². The van der Waals surface area contributed by atoms with E-state index in [4.69, 9.17) is 9.47 Å². The highest BCUT2D eigenvalue weighted by Crippen LogP contribution is 2.59. The summed E-state index contributed by atoms with van der Waals surface area (Å²) in [4.78, 5) is 23.7. The van der Waals surface area contributed by atoms with Crippen LogP contribution in [-0.2, 0) is 9.59 Å². The summed E-state index contributed by atoms with van der Waals surface area (Å²) >= 11 is 0. The lowest BCUT2D eigenvalue weighted by atomic mass is 9.52. The van der Waals surface area contributed by atoms with E-state index in [1.54, 1.807) is 12.1 Å². The molecule has 2 unspecified atom stereocenters. The molecule has 0 amide bonds. The highest BCUT2D eigenvalue weighted by atomic mass is 16.5. The molecular weight excluding hydrogens is 368 g/mol. The predicted octanol–water partition coefficient (Wildman–Crippen LogP) is 2.40. The van der Waals surface area contributed by atoms with Crippen molar-refractivity contribution in [1.82, 2.24) is 0 Å². The lowest BCUT2D eigenvalue weighted by Gasteiger charge is -2.48. The standard InChI is InChI=1S/C20H20O8/c1-27-13-7-9(3-5-11(13)21)15-16(18(20(25)26)17(15)19(23)24)10-4-6-12(22)14(8-10)28-2/h3-8,15-18,21-22H,1-2H3,(H,23,24)(H,25,26)/t15-,16?,17-,18?/m0/s1. The Hall–Kier alpha value is -3.42. The van der Waals surface area contributed by atoms with Crippen LogP contribution in [-0.4, -0.2) is 46.6 Å². The van der Waals surface area contributed by atoms with Crippen molar-refractivity contribution in [3.8, 4) is 23.0 Å². The van der Waals surface area contributed by atoms with Crippen LogP contribution in [0.5, 0.6) is 23.0 Å². The second kappa shape index (κ2) is 7.30. The fourth-order valence-electron chi connectivity index (χ4n) is 3.99. The lowest BCUT2D eigenvalue weighted by molar-refractivity contribution is -0.164. The van der Waals surface area contributed by atoms with Crippen molar-refractivity contribution in [3.63, 3.8) is 0 Å². The van der Waals surface area contributed by atoms with E-state index in [9.17, 15) is 30.0 Å². The highest BCUT2D eigenvalue weighted by molar-refractivity contribution is 5.85. The van der Waals surface area contributed by atoms with Gasteiger partial charge < -0.3 is 29.9 Å². The number of hydrogen-bond donors (Lipinski definition) is 4. The van der Waals surface area contributed by atoms with E-state index in [1.807, 2.05) is 0 Å².